The van der Waals surface area contributed by atoms with E-state index in [9.17, 15) is 0 Å². The summed E-state index contributed by atoms with van der Waals surface area (Å²) in [6.45, 7) is 2.06. The summed E-state index contributed by atoms with van der Waals surface area (Å²) in [7, 11) is 4.22. The van der Waals surface area contributed by atoms with E-state index >= 15 is 0 Å². The van der Waals surface area contributed by atoms with E-state index in [1.54, 1.807) is 0 Å². The van der Waals surface area contributed by atoms with Gasteiger partial charge in [-0.3, -0.25) is 0 Å². The summed E-state index contributed by atoms with van der Waals surface area (Å²) >= 11 is 5.86. The van der Waals surface area contributed by atoms with Gasteiger partial charge in [0, 0.05) is 19.1 Å². The fourth-order valence-corrected chi connectivity index (χ4v) is 1.61. The molecular formula is C7H15ClN2. The van der Waals surface area contributed by atoms with Crippen molar-refractivity contribution in [1.82, 2.24) is 9.32 Å². The molecule has 0 aromatic heterocycles. The molecule has 0 unspecified atom stereocenters. The lowest BCUT2D eigenvalue weighted by Crippen LogP contribution is -2.41. The Morgan fingerprint density at radius 2 is 2.20 bits per heavy atom. The average molecular weight is 163 g/mol. The second kappa shape index (κ2) is 3.56. The average Bonchev–Trinajstić information content (AvgIpc) is 1.88. The van der Waals surface area contributed by atoms with Crippen molar-refractivity contribution in [2.24, 2.45) is 0 Å². The first-order valence-electron chi connectivity index (χ1n) is 3.77. The molecule has 0 spiro atoms. The lowest BCUT2D eigenvalue weighted by Gasteiger charge is -2.32. The molecule has 0 aromatic carbocycles. The highest BCUT2D eigenvalue weighted by molar-refractivity contribution is 6.13. The van der Waals surface area contributed by atoms with Gasteiger partial charge >= 0.3 is 0 Å². The fraction of sp³-hybridized carbons (Fsp3) is 1.00. The largest absolute Gasteiger partial charge is 0.305 e. The minimum absolute atomic E-state index is 0.659. The van der Waals surface area contributed by atoms with Crippen molar-refractivity contribution in [3.8, 4) is 0 Å². The predicted molar refractivity (Wildman–Crippen MR) is 44.1 cm³/mol. The van der Waals surface area contributed by atoms with Crippen LogP contribution in [0.5, 0.6) is 0 Å². The standard InChI is InChI=1S/C7H15ClN2/c1-9(2)7-4-3-5-10(8)6-7/h7H,3-6H2,1-2H3/t7-/m1/s1. The molecular weight excluding hydrogens is 148 g/mol. The summed E-state index contributed by atoms with van der Waals surface area (Å²) in [5.74, 6) is 0. The molecule has 0 aromatic rings. The molecule has 0 N–H and O–H groups in total. The van der Waals surface area contributed by atoms with Crippen LogP contribution in [0.25, 0.3) is 0 Å². The Morgan fingerprint density at radius 1 is 1.50 bits per heavy atom. The maximum atomic E-state index is 5.86. The number of piperidine rings is 1. The minimum atomic E-state index is 0.659. The zero-order chi connectivity index (χ0) is 7.56. The molecule has 0 aliphatic carbocycles. The van der Waals surface area contributed by atoms with Gasteiger partial charge in [-0.2, -0.15) is 0 Å². The van der Waals surface area contributed by atoms with Crippen molar-refractivity contribution >= 4 is 11.8 Å². The van der Waals surface area contributed by atoms with Crippen LogP contribution in [0.1, 0.15) is 12.8 Å². The third kappa shape index (κ3) is 2.11. The Bertz CT molecular complexity index is 106. The molecule has 2 nitrogen and oxygen atoms in total. The molecule has 1 atom stereocenters. The zero-order valence-corrected chi connectivity index (χ0v) is 7.43. The molecule has 10 heavy (non-hydrogen) atoms. The normalized spacial score (nSPS) is 29.4. The van der Waals surface area contributed by atoms with Gasteiger partial charge < -0.3 is 4.90 Å². The quantitative estimate of drug-likeness (QED) is 0.534. The Balaban J connectivity index is 2.32. The van der Waals surface area contributed by atoms with Crippen LogP contribution < -0.4 is 0 Å². The molecule has 0 saturated carbocycles. The van der Waals surface area contributed by atoms with Gasteiger partial charge in [0.2, 0.25) is 0 Å². The molecule has 3 heteroatoms. The molecule has 0 amide bonds. The van der Waals surface area contributed by atoms with E-state index in [1.807, 2.05) is 4.42 Å². The molecule has 1 rings (SSSR count). The summed E-state index contributed by atoms with van der Waals surface area (Å²) in [5.41, 5.74) is 0. The molecule has 1 saturated heterocycles. The van der Waals surface area contributed by atoms with E-state index < -0.39 is 0 Å². The second-order valence-corrected chi connectivity index (χ2v) is 3.61. The number of nitrogens with zero attached hydrogens (tertiary/aromatic N) is 2. The van der Waals surface area contributed by atoms with Crippen LogP contribution in [0.2, 0.25) is 0 Å². The zero-order valence-electron chi connectivity index (χ0n) is 6.68. The first kappa shape index (κ1) is 8.31. The number of likely N-dealkylation sites (N-methyl/N-ethyl adjacent to an activating group) is 1. The number of halogens is 1. The van der Waals surface area contributed by atoms with Crippen LogP contribution >= 0.6 is 11.8 Å². The fourth-order valence-electron chi connectivity index (χ4n) is 1.33. The van der Waals surface area contributed by atoms with E-state index in [-0.39, 0.29) is 0 Å². The summed E-state index contributed by atoms with van der Waals surface area (Å²) < 4.78 is 1.88. The number of hydrogen-bond acceptors (Lipinski definition) is 2. The number of hydrogen-bond donors (Lipinski definition) is 0. The minimum Gasteiger partial charge on any atom is -0.305 e. The van der Waals surface area contributed by atoms with Gasteiger partial charge in [-0.05, 0) is 38.7 Å². The highest BCUT2D eigenvalue weighted by atomic mass is 35.5. The van der Waals surface area contributed by atoms with Crippen LogP contribution in [0.3, 0.4) is 0 Å². The van der Waals surface area contributed by atoms with Crippen molar-refractivity contribution in [3.63, 3.8) is 0 Å². The highest BCUT2D eigenvalue weighted by Crippen LogP contribution is 2.14. The van der Waals surface area contributed by atoms with Gasteiger partial charge in [0.25, 0.3) is 0 Å². The van der Waals surface area contributed by atoms with Gasteiger partial charge in [0.15, 0.2) is 0 Å². The van der Waals surface area contributed by atoms with E-state index in [1.165, 1.54) is 12.8 Å². The van der Waals surface area contributed by atoms with Gasteiger partial charge in [-0.1, -0.05) is 0 Å². The van der Waals surface area contributed by atoms with Crippen molar-refractivity contribution in [1.29, 1.82) is 0 Å². The monoisotopic (exact) mass is 162 g/mol. The van der Waals surface area contributed by atoms with E-state index in [0.29, 0.717) is 6.04 Å². The SMILES string of the molecule is CN(C)[C@@H]1CCCN(Cl)C1. The first-order chi connectivity index (χ1) is 4.70. The van der Waals surface area contributed by atoms with Gasteiger partial charge in [-0.15, -0.1) is 0 Å². The van der Waals surface area contributed by atoms with Crippen molar-refractivity contribution in [2.45, 2.75) is 18.9 Å². The smallest absolute Gasteiger partial charge is 0.0295 e. The van der Waals surface area contributed by atoms with E-state index in [2.05, 4.69) is 19.0 Å². The third-order valence-corrected chi connectivity index (χ3v) is 2.38. The van der Waals surface area contributed by atoms with E-state index in [0.717, 1.165) is 13.1 Å². The lowest BCUT2D eigenvalue weighted by molar-refractivity contribution is 0.194. The topological polar surface area (TPSA) is 6.48 Å². The summed E-state index contributed by atoms with van der Waals surface area (Å²) in [5, 5.41) is 0. The molecule has 1 heterocycles. The third-order valence-electron chi connectivity index (χ3n) is 2.08. The first-order valence-corrected chi connectivity index (χ1v) is 4.11. The molecule has 60 valence electrons. The van der Waals surface area contributed by atoms with Gasteiger partial charge in [0.1, 0.15) is 0 Å². The Labute approximate surface area is 67.9 Å². The van der Waals surface area contributed by atoms with Crippen LogP contribution in [0.15, 0.2) is 0 Å². The molecule has 1 fully saturated rings. The van der Waals surface area contributed by atoms with E-state index in [4.69, 9.17) is 11.8 Å². The Hall–Kier alpha value is 0.210. The number of rotatable bonds is 1. The summed E-state index contributed by atoms with van der Waals surface area (Å²) in [4.78, 5) is 2.24. The predicted octanol–water partition coefficient (Wildman–Crippen LogP) is 1.17. The lowest BCUT2D eigenvalue weighted by atomic mass is 10.1. The highest BCUT2D eigenvalue weighted by Gasteiger charge is 2.19. The van der Waals surface area contributed by atoms with Crippen molar-refractivity contribution in [3.05, 3.63) is 0 Å². The van der Waals surface area contributed by atoms with Crippen LogP contribution in [-0.2, 0) is 0 Å². The molecule has 0 bridgehead atoms. The summed E-state index contributed by atoms with van der Waals surface area (Å²) in [6.07, 6.45) is 2.52. The molecule has 1 aliphatic rings. The van der Waals surface area contributed by atoms with Gasteiger partial charge in [-0.25, -0.2) is 4.42 Å². The Morgan fingerprint density at radius 3 is 2.60 bits per heavy atom. The maximum Gasteiger partial charge on any atom is 0.0295 e. The van der Waals surface area contributed by atoms with Gasteiger partial charge in [0.05, 0.1) is 0 Å². The Kier molecular flexibility index (Phi) is 2.96. The molecule has 0 radical (unpaired) electrons. The molecule has 1 aliphatic heterocycles. The van der Waals surface area contributed by atoms with Crippen LogP contribution in [-0.4, -0.2) is 42.5 Å². The summed E-state index contributed by atoms with van der Waals surface area (Å²) in [6, 6.07) is 0.659. The van der Waals surface area contributed by atoms with Crippen LogP contribution in [0, 0.1) is 0 Å². The maximum absolute atomic E-state index is 5.86. The van der Waals surface area contributed by atoms with Crippen LogP contribution in [0.4, 0.5) is 0 Å². The van der Waals surface area contributed by atoms with Crippen molar-refractivity contribution in [2.75, 3.05) is 27.2 Å². The second-order valence-electron chi connectivity index (χ2n) is 3.13. The van der Waals surface area contributed by atoms with Crippen molar-refractivity contribution < 1.29 is 0 Å².